The molecular formula is C23H28N4OS. The van der Waals surface area contributed by atoms with Gasteiger partial charge in [0.2, 0.25) is 0 Å². The van der Waals surface area contributed by atoms with Crippen LogP contribution >= 0.6 is 11.8 Å². The SMILES string of the molecule is Cc1ccccc1OCCSc1nnc(CN2CCCC2)n1Cc1ccccc1. The second-order valence-corrected chi connectivity index (χ2v) is 8.48. The van der Waals surface area contributed by atoms with E-state index in [1.54, 1.807) is 11.8 Å². The number of ether oxygens (including phenoxy) is 1. The standard InChI is InChI=1S/C23H28N4OS/c1-19-9-5-6-12-21(19)28-15-16-29-23-25-24-22(18-26-13-7-8-14-26)27(23)17-20-10-3-2-4-11-20/h2-6,9-12H,7-8,13-18H2,1H3. The van der Waals surface area contributed by atoms with Crippen molar-refractivity contribution >= 4 is 11.8 Å². The Morgan fingerprint density at radius 2 is 1.69 bits per heavy atom. The van der Waals surface area contributed by atoms with Crippen LogP contribution in [0.3, 0.4) is 0 Å². The fourth-order valence-corrected chi connectivity index (χ4v) is 4.38. The van der Waals surface area contributed by atoms with E-state index in [2.05, 4.69) is 63.0 Å². The molecule has 152 valence electrons. The molecular weight excluding hydrogens is 380 g/mol. The van der Waals surface area contributed by atoms with Gasteiger partial charge in [-0.2, -0.15) is 0 Å². The minimum absolute atomic E-state index is 0.648. The molecule has 0 atom stereocenters. The molecule has 5 nitrogen and oxygen atoms in total. The van der Waals surface area contributed by atoms with Crippen LogP contribution in [0.4, 0.5) is 0 Å². The Bertz CT molecular complexity index is 906. The highest BCUT2D eigenvalue weighted by Gasteiger charge is 2.18. The van der Waals surface area contributed by atoms with Crippen LogP contribution in [0.25, 0.3) is 0 Å². The number of likely N-dealkylation sites (tertiary alicyclic amines) is 1. The number of rotatable bonds is 9. The van der Waals surface area contributed by atoms with Gasteiger partial charge in [0, 0.05) is 5.75 Å². The highest BCUT2D eigenvalue weighted by molar-refractivity contribution is 7.99. The minimum Gasteiger partial charge on any atom is -0.492 e. The molecule has 29 heavy (non-hydrogen) atoms. The molecule has 1 aliphatic heterocycles. The highest BCUT2D eigenvalue weighted by Crippen LogP contribution is 2.22. The zero-order valence-electron chi connectivity index (χ0n) is 17.0. The molecule has 1 aliphatic rings. The van der Waals surface area contributed by atoms with Crippen LogP contribution in [0.2, 0.25) is 0 Å². The summed E-state index contributed by atoms with van der Waals surface area (Å²) in [5, 5.41) is 10.0. The van der Waals surface area contributed by atoms with Crippen LogP contribution < -0.4 is 4.74 Å². The average molecular weight is 409 g/mol. The van der Waals surface area contributed by atoms with Crippen molar-refractivity contribution in [2.24, 2.45) is 0 Å². The lowest BCUT2D eigenvalue weighted by molar-refractivity contribution is 0.316. The fraction of sp³-hybridized carbons (Fsp3) is 0.391. The topological polar surface area (TPSA) is 43.2 Å². The van der Waals surface area contributed by atoms with Crippen molar-refractivity contribution in [1.29, 1.82) is 0 Å². The Balaban J connectivity index is 1.42. The van der Waals surface area contributed by atoms with Gasteiger partial charge in [-0.15, -0.1) is 10.2 Å². The molecule has 1 fully saturated rings. The van der Waals surface area contributed by atoms with Crippen LogP contribution in [0.1, 0.15) is 29.8 Å². The monoisotopic (exact) mass is 408 g/mol. The van der Waals surface area contributed by atoms with Gasteiger partial charge in [0.25, 0.3) is 0 Å². The van der Waals surface area contributed by atoms with Crippen molar-refractivity contribution in [3.8, 4) is 5.75 Å². The fourth-order valence-electron chi connectivity index (χ4n) is 3.61. The molecule has 0 N–H and O–H groups in total. The summed E-state index contributed by atoms with van der Waals surface area (Å²) in [4.78, 5) is 2.47. The second-order valence-electron chi connectivity index (χ2n) is 7.42. The zero-order chi connectivity index (χ0) is 19.9. The van der Waals surface area contributed by atoms with Crippen LogP contribution in [-0.4, -0.2) is 45.1 Å². The summed E-state index contributed by atoms with van der Waals surface area (Å²) in [5.74, 6) is 2.84. The van der Waals surface area contributed by atoms with Gasteiger partial charge in [-0.1, -0.05) is 60.3 Å². The summed E-state index contributed by atoms with van der Waals surface area (Å²) in [7, 11) is 0. The van der Waals surface area contributed by atoms with Gasteiger partial charge in [-0.25, -0.2) is 0 Å². The van der Waals surface area contributed by atoms with E-state index in [-0.39, 0.29) is 0 Å². The third-order valence-electron chi connectivity index (χ3n) is 5.21. The number of hydrogen-bond donors (Lipinski definition) is 0. The predicted octanol–water partition coefficient (Wildman–Crippen LogP) is 4.40. The molecule has 4 rings (SSSR count). The Morgan fingerprint density at radius 3 is 2.48 bits per heavy atom. The minimum atomic E-state index is 0.648. The summed E-state index contributed by atoms with van der Waals surface area (Å²) in [6.07, 6.45) is 2.56. The van der Waals surface area contributed by atoms with Crippen LogP contribution in [-0.2, 0) is 13.1 Å². The predicted molar refractivity (Wildman–Crippen MR) is 117 cm³/mol. The van der Waals surface area contributed by atoms with E-state index >= 15 is 0 Å². The van der Waals surface area contributed by atoms with E-state index < -0.39 is 0 Å². The molecule has 0 aliphatic carbocycles. The van der Waals surface area contributed by atoms with Crippen LogP contribution in [0.5, 0.6) is 5.75 Å². The molecule has 0 amide bonds. The number of aromatic nitrogens is 3. The molecule has 3 aromatic rings. The number of benzene rings is 2. The third-order valence-corrected chi connectivity index (χ3v) is 6.14. The Labute approximate surface area is 177 Å². The Hall–Kier alpha value is -2.31. The molecule has 0 radical (unpaired) electrons. The lowest BCUT2D eigenvalue weighted by atomic mass is 10.2. The van der Waals surface area contributed by atoms with Gasteiger partial charge in [0.15, 0.2) is 5.16 Å². The summed E-state index contributed by atoms with van der Waals surface area (Å²) in [5.41, 5.74) is 2.44. The quantitative estimate of drug-likeness (QED) is 0.388. The first-order valence-electron chi connectivity index (χ1n) is 10.3. The normalized spacial score (nSPS) is 14.4. The lowest BCUT2D eigenvalue weighted by Gasteiger charge is -2.16. The molecule has 1 aromatic heterocycles. The van der Waals surface area contributed by atoms with Gasteiger partial charge in [0.05, 0.1) is 19.7 Å². The first kappa shape index (κ1) is 20.0. The highest BCUT2D eigenvalue weighted by atomic mass is 32.2. The van der Waals surface area contributed by atoms with Gasteiger partial charge >= 0.3 is 0 Å². The van der Waals surface area contributed by atoms with Crippen molar-refractivity contribution in [1.82, 2.24) is 19.7 Å². The van der Waals surface area contributed by atoms with Gasteiger partial charge in [-0.05, 0) is 50.0 Å². The molecule has 1 saturated heterocycles. The lowest BCUT2D eigenvalue weighted by Crippen LogP contribution is -2.21. The van der Waals surface area contributed by atoms with E-state index in [4.69, 9.17) is 4.74 Å². The third kappa shape index (κ3) is 5.40. The second kappa shape index (κ2) is 9.94. The summed E-state index contributed by atoms with van der Waals surface area (Å²) in [6, 6.07) is 18.7. The maximum atomic E-state index is 5.94. The van der Waals surface area contributed by atoms with E-state index in [1.165, 1.54) is 18.4 Å². The van der Waals surface area contributed by atoms with E-state index in [9.17, 15) is 0 Å². The van der Waals surface area contributed by atoms with Crippen molar-refractivity contribution in [2.75, 3.05) is 25.4 Å². The van der Waals surface area contributed by atoms with Crippen molar-refractivity contribution in [3.05, 3.63) is 71.5 Å². The maximum Gasteiger partial charge on any atom is 0.191 e. The Kier molecular flexibility index (Phi) is 6.85. The largest absolute Gasteiger partial charge is 0.492 e. The van der Waals surface area contributed by atoms with E-state index in [1.807, 2.05) is 18.2 Å². The first-order chi connectivity index (χ1) is 14.3. The van der Waals surface area contributed by atoms with Gasteiger partial charge < -0.3 is 9.30 Å². The maximum absolute atomic E-state index is 5.94. The Morgan fingerprint density at radius 1 is 0.931 bits per heavy atom. The average Bonchev–Trinajstić information content (AvgIpc) is 3.39. The smallest absolute Gasteiger partial charge is 0.191 e. The van der Waals surface area contributed by atoms with E-state index in [0.29, 0.717) is 6.61 Å². The van der Waals surface area contributed by atoms with Crippen LogP contribution in [0.15, 0.2) is 59.8 Å². The molecule has 0 unspecified atom stereocenters. The number of thioether (sulfide) groups is 1. The molecule has 2 heterocycles. The molecule has 0 saturated carbocycles. The number of aryl methyl sites for hydroxylation is 1. The molecule has 0 spiro atoms. The first-order valence-corrected chi connectivity index (χ1v) is 11.3. The number of nitrogens with zero attached hydrogens (tertiary/aromatic N) is 4. The molecule has 2 aromatic carbocycles. The van der Waals surface area contributed by atoms with Crippen molar-refractivity contribution in [3.63, 3.8) is 0 Å². The van der Waals surface area contributed by atoms with Gasteiger partial charge in [-0.3, -0.25) is 4.90 Å². The zero-order valence-corrected chi connectivity index (χ0v) is 17.8. The molecule has 6 heteroatoms. The summed E-state index contributed by atoms with van der Waals surface area (Å²) in [6.45, 7) is 6.72. The van der Waals surface area contributed by atoms with E-state index in [0.717, 1.165) is 54.2 Å². The summed E-state index contributed by atoms with van der Waals surface area (Å²) < 4.78 is 8.21. The van der Waals surface area contributed by atoms with Crippen LogP contribution in [0, 0.1) is 6.92 Å². The van der Waals surface area contributed by atoms with Crippen molar-refractivity contribution < 1.29 is 4.74 Å². The summed E-state index contributed by atoms with van der Waals surface area (Å²) >= 11 is 1.72. The van der Waals surface area contributed by atoms with Gasteiger partial charge in [0.1, 0.15) is 11.6 Å². The number of hydrogen-bond acceptors (Lipinski definition) is 5. The molecule has 0 bridgehead atoms. The van der Waals surface area contributed by atoms with Crippen molar-refractivity contribution in [2.45, 2.75) is 38.0 Å². The number of para-hydroxylation sites is 1.